The molecule has 0 bridgehead atoms. The van der Waals surface area contributed by atoms with E-state index in [1.807, 2.05) is 45.0 Å². The Kier molecular flexibility index (Phi) is 3.47. The number of ketones is 1. The molecule has 0 fully saturated rings. The van der Waals surface area contributed by atoms with E-state index in [0.717, 1.165) is 11.3 Å². The van der Waals surface area contributed by atoms with Crippen molar-refractivity contribution in [3.05, 3.63) is 59.7 Å². The fourth-order valence-electron chi connectivity index (χ4n) is 3.35. The number of para-hydroxylation sites is 2. The van der Waals surface area contributed by atoms with Crippen LogP contribution in [0.2, 0.25) is 0 Å². The van der Waals surface area contributed by atoms with Gasteiger partial charge in [-0.05, 0) is 36.6 Å². The van der Waals surface area contributed by atoms with Crippen molar-refractivity contribution in [1.29, 1.82) is 0 Å². The molecule has 23 heavy (non-hydrogen) atoms. The van der Waals surface area contributed by atoms with Crippen LogP contribution in [0.5, 0.6) is 11.5 Å². The Labute approximate surface area is 136 Å². The van der Waals surface area contributed by atoms with Crippen LogP contribution in [0.1, 0.15) is 49.5 Å². The minimum absolute atomic E-state index is 0.00960. The van der Waals surface area contributed by atoms with Crippen LogP contribution in [0.3, 0.4) is 0 Å². The van der Waals surface area contributed by atoms with Crippen molar-refractivity contribution < 1.29 is 14.6 Å². The Hall–Kier alpha value is -2.29. The lowest BCUT2D eigenvalue weighted by molar-refractivity contribution is -0.0352. The number of hydrogen-bond donors (Lipinski definition) is 1. The van der Waals surface area contributed by atoms with E-state index in [0.29, 0.717) is 5.56 Å². The highest BCUT2D eigenvalue weighted by atomic mass is 16.5. The smallest absolute Gasteiger partial charge is 0.210 e. The third-order valence-electron chi connectivity index (χ3n) is 5.59. The van der Waals surface area contributed by atoms with Crippen molar-refractivity contribution in [2.75, 3.05) is 0 Å². The number of Topliss-reactive ketones (excluding diaryl/α,β-unsaturated/α-hetero) is 1. The van der Waals surface area contributed by atoms with Crippen molar-refractivity contribution in [2.45, 2.75) is 39.2 Å². The average Bonchev–Trinajstić information content (AvgIpc) is 2.53. The predicted molar refractivity (Wildman–Crippen MR) is 90.1 cm³/mol. The molecule has 3 rings (SSSR count). The molecule has 0 radical (unpaired) electrons. The van der Waals surface area contributed by atoms with E-state index < -0.39 is 11.0 Å². The van der Waals surface area contributed by atoms with Crippen LogP contribution >= 0.6 is 0 Å². The highest BCUT2D eigenvalue weighted by molar-refractivity contribution is 6.05. The lowest BCUT2D eigenvalue weighted by Crippen LogP contribution is -2.57. The van der Waals surface area contributed by atoms with Gasteiger partial charge < -0.3 is 9.84 Å². The molecule has 0 saturated carbocycles. The van der Waals surface area contributed by atoms with E-state index >= 15 is 0 Å². The fourth-order valence-corrected chi connectivity index (χ4v) is 3.35. The molecule has 0 aliphatic carbocycles. The molecule has 120 valence electrons. The molecule has 1 heterocycles. The molecule has 1 N–H and O–H groups in total. The summed E-state index contributed by atoms with van der Waals surface area (Å²) in [4.78, 5) is 13.2. The van der Waals surface area contributed by atoms with Crippen molar-refractivity contribution in [2.24, 2.45) is 5.41 Å². The average molecular weight is 310 g/mol. The number of carbonyl (C=O) groups is 1. The van der Waals surface area contributed by atoms with E-state index in [4.69, 9.17) is 4.74 Å². The maximum Gasteiger partial charge on any atom is 0.210 e. The van der Waals surface area contributed by atoms with E-state index in [9.17, 15) is 9.90 Å². The summed E-state index contributed by atoms with van der Waals surface area (Å²) in [6.45, 7) is 8.04. The Morgan fingerprint density at radius 1 is 1.04 bits per heavy atom. The summed E-state index contributed by atoms with van der Waals surface area (Å²) in [5.41, 5.74) is -0.0740. The van der Waals surface area contributed by atoms with Gasteiger partial charge in [-0.3, -0.25) is 4.79 Å². The first-order chi connectivity index (χ1) is 10.8. The zero-order valence-electron chi connectivity index (χ0n) is 14.0. The van der Waals surface area contributed by atoms with Gasteiger partial charge in [0.1, 0.15) is 11.5 Å². The van der Waals surface area contributed by atoms with Gasteiger partial charge in [-0.15, -0.1) is 0 Å². The first-order valence-electron chi connectivity index (χ1n) is 7.90. The Morgan fingerprint density at radius 2 is 1.65 bits per heavy atom. The number of fused-ring (bicyclic) bond motifs is 1. The topological polar surface area (TPSA) is 46.5 Å². The normalized spacial score (nSPS) is 25.3. The summed E-state index contributed by atoms with van der Waals surface area (Å²) in [6.07, 6.45) is 0. The van der Waals surface area contributed by atoms with Crippen molar-refractivity contribution in [3.63, 3.8) is 0 Å². The second-order valence-electron chi connectivity index (χ2n) is 6.96. The molecule has 3 heteroatoms. The molecular formula is C20H22O3. The summed E-state index contributed by atoms with van der Waals surface area (Å²) in [5, 5.41) is 10.1. The monoisotopic (exact) mass is 310 g/mol. The van der Waals surface area contributed by atoms with Crippen molar-refractivity contribution >= 4 is 5.78 Å². The molecule has 0 amide bonds. The van der Waals surface area contributed by atoms with Gasteiger partial charge in [-0.25, -0.2) is 0 Å². The highest BCUT2D eigenvalue weighted by Crippen LogP contribution is 2.53. The number of aromatic hydroxyl groups is 1. The van der Waals surface area contributed by atoms with Gasteiger partial charge in [0.2, 0.25) is 5.78 Å². The summed E-state index contributed by atoms with van der Waals surface area (Å²) in [6, 6.07) is 14.5. The van der Waals surface area contributed by atoms with Crippen LogP contribution in [0.4, 0.5) is 0 Å². The van der Waals surface area contributed by atoms with Crippen LogP contribution < -0.4 is 4.74 Å². The summed E-state index contributed by atoms with van der Waals surface area (Å²) in [5.74, 6) is 0.685. The number of carbonyl (C=O) groups excluding carboxylic acids is 1. The number of phenolic OH excluding ortho intramolecular Hbond substituents is 1. The maximum atomic E-state index is 13.2. The molecule has 1 aliphatic rings. The number of phenols is 1. The first-order valence-corrected chi connectivity index (χ1v) is 7.90. The van der Waals surface area contributed by atoms with Crippen molar-refractivity contribution in [3.8, 4) is 11.5 Å². The van der Waals surface area contributed by atoms with Crippen LogP contribution in [-0.4, -0.2) is 16.5 Å². The van der Waals surface area contributed by atoms with E-state index in [2.05, 4.69) is 6.92 Å². The molecule has 0 aromatic heterocycles. The SMILES string of the molecule is CC1c2ccccc2OC(C)(C(=O)c2ccccc2O)C1(C)C. The summed E-state index contributed by atoms with van der Waals surface area (Å²) in [7, 11) is 0. The van der Waals surface area contributed by atoms with Gasteiger partial charge in [0, 0.05) is 5.41 Å². The lowest BCUT2D eigenvalue weighted by Gasteiger charge is -2.50. The van der Waals surface area contributed by atoms with Crippen molar-refractivity contribution in [1.82, 2.24) is 0 Å². The van der Waals surface area contributed by atoms with Gasteiger partial charge in [-0.1, -0.05) is 51.1 Å². The van der Waals surface area contributed by atoms with Gasteiger partial charge in [-0.2, -0.15) is 0 Å². The Bertz CT molecular complexity index is 763. The summed E-state index contributed by atoms with van der Waals surface area (Å²) >= 11 is 0. The molecule has 2 aromatic carbocycles. The molecule has 1 aliphatic heterocycles. The second-order valence-corrected chi connectivity index (χ2v) is 6.96. The highest BCUT2D eigenvalue weighted by Gasteiger charge is 2.56. The minimum Gasteiger partial charge on any atom is -0.507 e. The third kappa shape index (κ3) is 2.14. The molecule has 0 saturated heterocycles. The standard InChI is InChI=1S/C20H22O3/c1-13-14-9-6-8-12-17(14)23-20(4,19(13,2)3)18(22)15-10-5-7-11-16(15)21/h5-13,21H,1-4H3. The second kappa shape index (κ2) is 5.12. The van der Waals surface area contributed by atoms with Crippen LogP contribution in [0.25, 0.3) is 0 Å². The quantitative estimate of drug-likeness (QED) is 0.827. The zero-order valence-corrected chi connectivity index (χ0v) is 14.0. The van der Waals surface area contributed by atoms with E-state index in [1.165, 1.54) is 6.07 Å². The zero-order chi connectivity index (χ0) is 16.8. The molecule has 2 aromatic rings. The van der Waals surface area contributed by atoms with E-state index in [-0.39, 0.29) is 17.5 Å². The molecule has 2 unspecified atom stereocenters. The molecule has 3 nitrogen and oxygen atoms in total. The molecule has 0 spiro atoms. The van der Waals surface area contributed by atoms with Gasteiger partial charge >= 0.3 is 0 Å². The van der Waals surface area contributed by atoms with Gasteiger partial charge in [0.05, 0.1) is 5.56 Å². The lowest BCUT2D eigenvalue weighted by atomic mass is 9.61. The third-order valence-corrected chi connectivity index (χ3v) is 5.59. The van der Waals surface area contributed by atoms with E-state index in [1.54, 1.807) is 18.2 Å². The number of rotatable bonds is 2. The minimum atomic E-state index is -1.06. The Morgan fingerprint density at radius 3 is 2.35 bits per heavy atom. The number of ether oxygens (including phenoxy) is 1. The fraction of sp³-hybridized carbons (Fsp3) is 0.350. The van der Waals surface area contributed by atoms with Crippen LogP contribution in [-0.2, 0) is 0 Å². The first kappa shape index (κ1) is 15.6. The Balaban J connectivity index is 2.14. The number of hydrogen-bond acceptors (Lipinski definition) is 3. The maximum absolute atomic E-state index is 13.2. The predicted octanol–water partition coefficient (Wildman–Crippen LogP) is 4.56. The van der Waals surface area contributed by atoms with Crippen LogP contribution in [0.15, 0.2) is 48.5 Å². The number of benzene rings is 2. The van der Waals surface area contributed by atoms with Crippen LogP contribution in [0, 0.1) is 5.41 Å². The van der Waals surface area contributed by atoms with Gasteiger partial charge in [0.15, 0.2) is 5.60 Å². The molecule has 2 atom stereocenters. The largest absolute Gasteiger partial charge is 0.507 e. The molecular weight excluding hydrogens is 288 g/mol. The van der Waals surface area contributed by atoms with Gasteiger partial charge in [0.25, 0.3) is 0 Å². The summed E-state index contributed by atoms with van der Waals surface area (Å²) < 4.78 is 6.22.